The number of fused-ring (bicyclic) bond motifs is 6. The number of aromatic nitrogens is 3. The van der Waals surface area contributed by atoms with Crippen molar-refractivity contribution in [2.24, 2.45) is 0 Å². The van der Waals surface area contributed by atoms with Crippen LogP contribution in [-0.4, -0.2) is 14.1 Å². The Balaban J connectivity index is 1.47. The van der Waals surface area contributed by atoms with E-state index in [2.05, 4.69) is 183 Å². The van der Waals surface area contributed by atoms with E-state index in [-0.39, 0.29) is 21.7 Å². The summed E-state index contributed by atoms with van der Waals surface area (Å²) in [6.07, 6.45) is 2.03. The van der Waals surface area contributed by atoms with Gasteiger partial charge in [0, 0.05) is 32.7 Å². The van der Waals surface area contributed by atoms with Crippen molar-refractivity contribution in [1.29, 1.82) is 5.26 Å². The zero-order chi connectivity index (χ0) is 40.1. The van der Waals surface area contributed by atoms with E-state index in [9.17, 15) is 5.26 Å². The first-order chi connectivity index (χ1) is 26.3. The van der Waals surface area contributed by atoms with Gasteiger partial charge in [-0.25, -0.2) is 4.98 Å². The molecule has 0 unspecified atom stereocenters. The Bertz CT molecular complexity index is 2750. The summed E-state index contributed by atoms with van der Waals surface area (Å²) in [6, 6.07) is 40.3. The molecule has 0 radical (unpaired) electrons. The fraction of sp³-hybridized carbons (Fsp3) is 0.308. The molecule has 0 atom stereocenters. The van der Waals surface area contributed by atoms with Gasteiger partial charge in [0.2, 0.25) is 0 Å². The van der Waals surface area contributed by atoms with Crippen LogP contribution >= 0.6 is 0 Å². The van der Waals surface area contributed by atoms with Gasteiger partial charge in [0.15, 0.2) is 0 Å². The molecule has 0 aliphatic rings. The van der Waals surface area contributed by atoms with Crippen molar-refractivity contribution in [1.82, 2.24) is 14.1 Å². The van der Waals surface area contributed by atoms with Crippen LogP contribution in [0.5, 0.6) is 0 Å². The molecular formula is C52H54N4. The molecule has 3 aromatic heterocycles. The minimum Gasteiger partial charge on any atom is -0.307 e. The van der Waals surface area contributed by atoms with Gasteiger partial charge in [-0.1, -0.05) is 126 Å². The predicted molar refractivity (Wildman–Crippen MR) is 238 cm³/mol. The first-order valence-corrected chi connectivity index (χ1v) is 19.9. The quantitative estimate of drug-likeness (QED) is 0.181. The van der Waals surface area contributed by atoms with E-state index < -0.39 is 0 Å². The molecular weight excluding hydrogens is 681 g/mol. The third-order valence-electron chi connectivity index (χ3n) is 11.7. The van der Waals surface area contributed by atoms with Crippen LogP contribution in [0.4, 0.5) is 0 Å². The molecule has 3 heterocycles. The number of nitrogens with zero attached hydrogens (tertiary/aromatic N) is 4. The number of rotatable bonds is 3. The number of pyridine rings is 1. The third kappa shape index (κ3) is 6.19. The molecule has 4 nitrogen and oxygen atoms in total. The van der Waals surface area contributed by atoms with Crippen molar-refractivity contribution in [2.45, 2.75) is 105 Å². The summed E-state index contributed by atoms with van der Waals surface area (Å²) < 4.78 is 4.67. The number of nitriles is 1. The summed E-state index contributed by atoms with van der Waals surface area (Å²) in [4.78, 5) is 5.35. The van der Waals surface area contributed by atoms with Gasteiger partial charge in [-0.2, -0.15) is 5.26 Å². The van der Waals surface area contributed by atoms with Crippen molar-refractivity contribution in [3.05, 3.63) is 137 Å². The highest BCUT2D eigenvalue weighted by Gasteiger charge is 2.25. The lowest BCUT2D eigenvalue weighted by atomic mass is 9.85. The lowest BCUT2D eigenvalue weighted by molar-refractivity contribution is 0.590. The van der Waals surface area contributed by atoms with E-state index in [1.165, 1.54) is 43.8 Å². The maximum Gasteiger partial charge on any atom is 0.138 e. The van der Waals surface area contributed by atoms with Crippen LogP contribution in [0.3, 0.4) is 0 Å². The Morgan fingerprint density at radius 3 is 1.20 bits per heavy atom. The molecule has 8 aromatic rings. The number of benzene rings is 5. The third-order valence-corrected chi connectivity index (χ3v) is 11.7. The minimum absolute atomic E-state index is 0.00191. The molecule has 0 saturated carbocycles. The molecule has 5 aromatic carbocycles. The van der Waals surface area contributed by atoms with Crippen molar-refractivity contribution >= 4 is 43.6 Å². The maximum atomic E-state index is 10.5. The van der Waals surface area contributed by atoms with E-state index in [0.29, 0.717) is 5.56 Å². The van der Waals surface area contributed by atoms with E-state index in [1.54, 1.807) is 0 Å². The standard InChI is InChI=1S/C52H54N4/c1-49(2,3)33-17-21-43-38(25-33)39-26-34(50(4,5)6)18-22-44(39)55(43)47-31-54-48(29-42(47)37-16-14-13-15-32(37)30-53)56-45-23-19-35(51(7,8)9)27-40(45)41-28-36(52(10,11)12)20-24-46(41)56/h13-29,31H,1-12H3. The van der Waals surface area contributed by atoms with E-state index in [1.807, 2.05) is 24.4 Å². The zero-order valence-electron chi connectivity index (χ0n) is 35.2. The normalized spacial score (nSPS) is 13.0. The van der Waals surface area contributed by atoms with Crippen LogP contribution in [0.15, 0.2) is 109 Å². The summed E-state index contributed by atoms with van der Waals surface area (Å²) in [5.74, 6) is 0.814. The Kier molecular flexibility index (Phi) is 8.44. The highest BCUT2D eigenvalue weighted by molar-refractivity contribution is 6.11. The largest absolute Gasteiger partial charge is 0.307 e. The molecule has 0 aliphatic carbocycles. The molecule has 0 bridgehead atoms. The molecule has 56 heavy (non-hydrogen) atoms. The molecule has 4 heteroatoms. The van der Waals surface area contributed by atoms with Crippen LogP contribution in [0.2, 0.25) is 0 Å². The van der Waals surface area contributed by atoms with Gasteiger partial charge < -0.3 is 4.57 Å². The second-order valence-electron chi connectivity index (χ2n) is 19.8. The monoisotopic (exact) mass is 734 g/mol. The first kappa shape index (κ1) is 37.3. The molecule has 0 aliphatic heterocycles. The smallest absolute Gasteiger partial charge is 0.138 e. The summed E-state index contributed by atoms with van der Waals surface area (Å²) >= 11 is 0. The van der Waals surface area contributed by atoms with Crippen molar-refractivity contribution in [3.8, 4) is 28.7 Å². The topological polar surface area (TPSA) is 46.5 Å². The van der Waals surface area contributed by atoms with Crippen molar-refractivity contribution < 1.29 is 0 Å². The molecule has 282 valence electrons. The second kappa shape index (κ2) is 12.7. The number of hydrogen-bond acceptors (Lipinski definition) is 2. The zero-order valence-corrected chi connectivity index (χ0v) is 35.2. The molecule has 0 saturated heterocycles. The van der Waals surface area contributed by atoms with Gasteiger partial charge in [-0.15, -0.1) is 0 Å². The molecule has 8 rings (SSSR count). The van der Waals surface area contributed by atoms with Gasteiger partial charge in [0.05, 0.1) is 45.6 Å². The Labute approximate surface area is 332 Å². The van der Waals surface area contributed by atoms with Crippen LogP contribution < -0.4 is 0 Å². The fourth-order valence-corrected chi connectivity index (χ4v) is 8.19. The van der Waals surface area contributed by atoms with Gasteiger partial charge in [0.25, 0.3) is 0 Å². The van der Waals surface area contributed by atoms with E-state index in [4.69, 9.17) is 4.98 Å². The van der Waals surface area contributed by atoms with Gasteiger partial charge in [0.1, 0.15) is 5.82 Å². The molecule has 0 N–H and O–H groups in total. The number of hydrogen-bond donors (Lipinski definition) is 0. The molecule has 0 spiro atoms. The molecule has 0 fully saturated rings. The van der Waals surface area contributed by atoms with Gasteiger partial charge in [-0.05, 0) is 105 Å². The highest BCUT2D eigenvalue weighted by Crippen LogP contribution is 2.42. The Morgan fingerprint density at radius 2 is 0.821 bits per heavy atom. The first-order valence-electron chi connectivity index (χ1n) is 19.9. The predicted octanol–water partition coefficient (Wildman–Crippen LogP) is 14.0. The van der Waals surface area contributed by atoms with Crippen molar-refractivity contribution in [3.63, 3.8) is 0 Å². The van der Waals surface area contributed by atoms with Crippen LogP contribution in [0.25, 0.3) is 66.2 Å². The Morgan fingerprint density at radius 1 is 0.446 bits per heavy atom. The fourth-order valence-electron chi connectivity index (χ4n) is 8.19. The lowest BCUT2D eigenvalue weighted by Crippen LogP contribution is -2.10. The highest BCUT2D eigenvalue weighted by atomic mass is 15.1. The lowest BCUT2D eigenvalue weighted by Gasteiger charge is -2.20. The van der Waals surface area contributed by atoms with Crippen LogP contribution in [0, 0.1) is 11.3 Å². The van der Waals surface area contributed by atoms with Gasteiger partial charge >= 0.3 is 0 Å². The second-order valence-corrected chi connectivity index (χ2v) is 19.8. The summed E-state index contributed by atoms with van der Waals surface area (Å²) in [6.45, 7) is 27.3. The van der Waals surface area contributed by atoms with Gasteiger partial charge in [-0.3, -0.25) is 4.57 Å². The average molecular weight is 735 g/mol. The Hall–Kier alpha value is -5.66. The van der Waals surface area contributed by atoms with E-state index >= 15 is 0 Å². The van der Waals surface area contributed by atoms with Crippen LogP contribution in [-0.2, 0) is 21.7 Å². The SMILES string of the molecule is CC(C)(C)c1ccc2c(c1)c1cc(C(C)(C)C)ccc1n2-c1cc(-c2ccccc2C#N)c(-n2c3ccc(C(C)(C)C)cc3c3cc(C(C)(C)C)ccc32)cn1. The minimum atomic E-state index is -0.00600. The average Bonchev–Trinajstić information content (AvgIpc) is 3.64. The summed E-state index contributed by atoms with van der Waals surface area (Å²) in [5.41, 5.74) is 13.0. The molecule has 0 amide bonds. The maximum absolute atomic E-state index is 10.5. The summed E-state index contributed by atoms with van der Waals surface area (Å²) in [7, 11) is 0. The van der Waals surface area contributed by atoms with E-state index in [0.717, 1.165) is 44.7 Å². The van der Waals surface area contributed by atoms with Crippen molar-refractivity contribution in [2.75, 3.05) is 0 Å². The van der Waals surface area contributed by atoms with Crippen LogP contribution in [0.1, 0.15) is 111 Å². The summed E-state index contributed by atoms with van der Waals surface area (Å²) in [5, 5.41) is 15.4.